The van der Waals surface area contributed by atoms with Crippen LogP contribution in [-0.4, -0.2) is 31.1 Å². The van der Waals surface area contributed by atoms with Crippen molar-refractivity contribution in [1.29, 1.82) is 0 Å². The van der Waals surface area contributed by atoms with Gasteiger partial charge in [0.2, 0.25) is 15.8 Å². The molecule has 1 aromatic heterocycles. The largest absolute Gasteiger partial charge is 0.456 e. The lowest BCUT2D eigenvalue weighted by Crippen LogP contribution is -2.26. The summed E-state index contributed by atoms with van der Waals surface area (Å²) in [7, 11) is -3.65. The van der Waals surface area contributed by atoms with Gasteiger partial charge in [0.1, 0.15) is 0 Å². The molecule has 1 heterocycles. The molecule has 0 fully saturated rings. The number of esters is 1. The van der Waals surface area contributed by atoms with E-state index in [0.717, 1.165) is 11.1 Å². The molecule has 146 valence electrons. The van der Waals surface area contributed by atoms with Crippen LogP contribution in [0.2, 0.25) is 0 Å². The van der Waals surface area contributed by atoms with E-state index >= 15 is 0 Å². The quantitative estimate of drug-likeness (QED) is 0.577. The van der Waals surface area contributed by atoms with Gasteiger partial charge in [-0.25, -0.2) is 13.1 Å². The van der Waals surface area contributed by atoms with Crippen LogP contribution >= 0.6 is 0 Å². The number of carbonyl (C=O) groups is 1. The van der Waals surface area contributed by atoms with Gasteiger partial charge in [-0.15, -0.1) is 0 Å². The highest BCUT2D eigenvalue weighted by atomic mass is 32.2. The number of carbonyl (C=O) groups excluding carboxylic acids is 1. The molecule has 0 unspecified atom stereocenters. The molecule has 0 saturated heterocycles. The zero-order chi connectivity index (χ0) is 20.0. The first-order chi connectivity index (χ1) is 13.4. The van der Waals surface area contributed by atoms with Crippen LogP contribution in [0.1, 0.15) is 17.9 Å². The number of ether oxygens (including phenoxy) is 1. The van der Waals surface area contributed by atoms with Crippen LogP contribution in [0, 0.1) is 6.92 Å². The summed E-state index contributed by atoms with van der Waals surface area (Å²) in [4.78, 5) is 16.1. The average molecular weight is 401 g/mol. The molecule has 0 saturated carbocycles. The number of hydrogen-bond donors (Lipinski definition) is 1. The monoisotopic (exact) mass is 401 g/mol. The fraction of sp³-hybridized carbons (Fsp3) is 0.211. The lowest BCUT2D eigenvalue weighted by molar-refractivity contribution is -0.145. The lowest BCUT2D eigenvalue weighted by Gasteiger charge is -2.06. The molecule has 0 aliphatic carbocycles. The standard InChI is InChI=1S/C19H19N3O5S/c1-14-7-9-15(10-8-14)19-21-17(27-22-19)13-26-18(23)11-12-20-28(24,25)16-5-3-2-4-6-16/h2-10,20H,11-13H2,1H3. The van der Waals surface area contributed by atoms with Crippen molar-refractivity contribution in [2.45, 2.75) is 24.8 Å². The first kappa shape index (κ1) is 19.7. The molecule has 0 spiro atoms. The SMILES string of the molecule is Cc1ccc(-c2noc(COC(=O)CCNS(=O)(=O)c3ccccc3)n2)cc1. The summed E-state index contributed by atoms with van der Waals surface area (Å²) >= 11 is 0. The summed E-state index contributed by atoms with van der Waals surface area (Å²) < 4.78 is 36.6. The number of rotatable bonds is 8. The molecule has 3 aromatic rings. The van der Waals surface area contributed by atoms with Gasteiger partial charge in [-0.3, -0.25) is 4.79 Å². The Labute approximate surface area is 162 Å². The number of sulfonamides is 1. The van der Waals surface area contributed by atoms with Gasteiger partial charge < -0.3 is 9.26 Å². The van der Waals surface area contributed by atoms with E-state index < -0.39 is 16.0 Å². The van der Waals surface area contributed by atoms with Crippen molar-refractivity contribution in [2.24, 2.45) is 0 Å². The van der Waals surface area contributed by atoms with E-state index in [9.17, 15) is 13.2 Å². The van der Waals surface area contributed by atoms with Gasteiger partial charge >= 0.3 is 5.97 Å². The molecule has 28 heavy (non-hydrogen) atoms. The second kappa shape index (κ2) is 8.77. The Morgan fingerprint density at radius 2 is 1.82 bits per heavy atom. The number of nitrogens with zero attached hydrogens (tertiary/aromatic N) is 2. The smallest absolute Gasteiger partial charge is 0.307 e. The van der Waals surface area contributed by atoms with E-state index in [-0.39, 0.29) is 30.4 Å². The Kier molecular flexibility index (Phi) is 6.17. The highest BCUT2D eigenvalue weighted by Crippen LogP contribution is 2.16. The molecule has 8 nitrogen and oxygen atoms in total. The number of aromatic nitrogens is 2. The molecule has 0 aliphatic heterocycles. The normalized spacial score (nSPS) is 11.3. The van der Waals surface area contributed by atoms with Gasteiger partial charge in [0, 0.05) is 12.1 Å². The zero-order valence-electron chi connectivity index (χ0n) is 15.2. The van der Waals surface area contributed by atoms with E-state index in [4.69, 9.17) is 9.26 Å². The third-order valence-electron chi connectivity index (χ3n) is 3.81. The van der Waals surface area contributed by atoms with Crippen LogP contribution in [-0.2, 0) is 26.2 Å². The van der Waals surface area contributed by atoms with Gasteiger partial charge in [-0.2, -0.15) is 4.98 Å². The minimum absolute atomic E-state index is 0.0749. The number of nitrogens with one attached hydrogen (secondary N) is 1. The summed E-state index contributed by atoms with van der Waals surface area (Å²) in [5.41, 5.74) is 1.91. The van der Waals surface area contributed by atoms with Crippen LogP contribution < -0.4 is 4.72 Å². The molecule has 0 amide bonds. The van der Waals surface area contributed by atoms with Crippen molar-refractivity contribution >= 4 is 16.0 Å². The van der Waals surface area contributed by atoms with Crippen molar-refractivity contribution in [2.75, 3.05) is 6.54 Å². The minimum Gasteiger partial charge on any atom is -0.456 e. The molecule has 9 heteroatoms. The second-order valence-electron chi connectivity index (χ2n) is 6.00. The molecule has 0 atom stereocenters. The van der Waals surface area contributed by atoms with Crippen molar-refractivity contribution < 1.29 is 22.5 Å². The third kappa shape index (κ3) is 5.24. The van der Waals surface area contributed by atoms with Crippen molar-refractivity contribution in [1.82, 2.24) is 14.9 Å². The lowest BCUT2D eigenvalue weighted by atomic mass is 10.1. The molecule has 0 aliphatic rings. The van der Waals surface area contributed by atoms with Gasteiger partial charge in [0.25, 0.3) is 5.89 Å². The number of hydrogen-bond acceptors (Lipinski definition) is 7. The Bertz CT molecular complexity index is 1030. The van der Waals surface area contributed by atoms with Crippen molar-refractivity contribution in [3.8, 4) is 11.4 Å². The fourth-order valence-corrected chi connectivity index (χ4v) is 3.37. The minimum atomic E-state index is -3.65. The maximum absolute atomic E-state index is 12.1. The molecule has 0 radical (unpaired) electrons. The summed E-state index contributed by atoms with van der Waals surface area (Å²) in [6, 6.07) is 15.5. The van der Waals surface area contributed by atoms with Gasteiger partial charge in [0.05, 0.1) is 11.3 Å². The highest BCUT2D eigenvalue weighted by molar-refractivity contribution is 7.89. The maximum Gasteiger partial charge on any atom is 0.307 e. The van der Waals surface area contributed by atoms with Gasteiger partial charge in [0.15, 0.2) is 6.61 Å². The third-order valence-corrected chi connectivity index (χ3v) is 5.29. The summed E-state index contributed by atoms with van der Waals surface area (Å²) in [6.45, 7) is 1.72. The highest BCUT2D eigenvalue weighted by Gasteiger charge is 2.15. The van der Waals surface area contributed by atoms with Crippen molar-refractivity contribution in [3.05, 3.63) is 66.1 Å². The Morgan fingerprint density at radius 1 is 1.11 bits per heavy atom. The molecule has 0 bridgehead atoms. The predicted octanol–water partition coefficient (Wildman–Crippen LogP) is 2.46. The van der Waals surface area contributed by atoms with Crippen LogP contribution in [0.4, 0.5) is 0 Å². The topological polar surface area (TPSA) is 111 Å². The Morgan fingerprint density at radius 3 is 2.54 bits per heavy atom. The second-order valence-corrected chi connectivity index (χ2v) is 7.77. The fourth-order valence-electron chi connectivity index (χ4n) is 2.32. The first-order valence-electron chi connectivity index (χ1n) is 8.54. The number of benzene rings is 2. The first-order valence-corrected chi connectivity index (χ1v) is 10.0. The van der Waals surface area contributed by atoms with Crippen LogP contribution in [0.25, 0.3) is 11.4 Å². The van der Waals surface area contributed by atoms with E-state index in [1.54, 1.807) is 18.2 Å². The number of aryl methyl sites for hydroxylation is 1. The molecule has 2 aromatic carbocycles. The Hall–Kier alpha value is -3.04. The van der Waals surface area contributed by atoms with Gasteiger partial charge in [-0.1, -0.05) is 53.2 Å². The Balaban J connectivity index is 1.45. The molecule has 1 N–H and O–H groups in total. The van der Waals surface area contributed by atoms with E-state index in [1.165, 1.54) is 12.1 Å². The van der Waals surface area contributed by atoms with E-state index in [1.807, 2.05) is 31.2 Å². The van der Waals surface area contributed by atoms with Crippen LogP contribution in [0.5, 0.6) is 0 Å². The van der Waals surface area contributed by atoms with Crippen LogP contribution in [0.3, 0.4) is 0 Å². The predicted molar refractivity (Wildman–Crippen MR) is 101 cm³/mol. The molecular formula is C19H19N3O5S. The summed E-state index contributed by atoms with van der Waals surface area (Å²) in [6.07, 6.45) is -0.120. The average Bonchev–Trinajstić information content (AvgIpc) is 3.16. The van der Waals surface area contributed by atoms with Crippen molar-refractivity contribution in [3.63, 3.8) is 0 Å². The molecular weight excluding hydrogens is 382 g/mol. The van der Waals surface area contributed by atoms with Crippen LogP contribution in [0.15, 0.2) is 64.0 Å². The summed E-state index contributed by atoms with van der Waals surface area (Å²) in [5.74, 6) is -0.0127. The van der Waals surface area contributed by atoms with E-state index in [0.29, 0.717) is 5.82 Å². The maximum atomic E-state index is 12.1. The zero-order valence-corrected chi connectivity index (χ0v) is 16.0. The van der Waals surface area contributed by atoms with E-state index in [2.05, 4.69) is 14.9 Å². The summed E-state index contributed by atoms with van der Waals surface area (Å²) in [5, 5.41) is 3.85. The van der Waals surface area contributed by atoms with Gasteiger partial charge in [-0.05, 0) is 19.1 Å². The molecule has 3 rings (SSSR count).